The molecule has 12 nitrogen and oxygen atoms in total. The standard InChI is InChI=1S/C18H12N6O6/c25-17-13-3-1-2-4-14(13)22(18(17)26)10-12-9-21(20-19-12)8-11-5-6-15(23(27)28)16(7-11)24(29)30/h1-7,9H,8,10H2. The van der Waals surface area contributed by atoms with E-state index in [0.29, 0.717) is 22.5 Å². The summed E-state index contributed by atoms with van der Waals surface area (Å²) < 4.78 is 1.38. The Morgan fingerprint density at radius 1 is 0.933 bits per heavy atom. The molecule has 30 heavy (non-hydrogen) atoms. The van der Waals surface area contributed by atoms with Crippen LogP contribution in [0.4, 0.5) is 17.1 Å². The molecule has 0 aliphatic carbocycles. The third-order valence-electron chi connectivity index (χ3n) is 4.56. The number of benzene rings is 2. The molecule has 0 spiro atoms. The summed E-state index contributed by atoms with van der Waals surface area (Å²) in [5.74, 6) is -1.24. The molecule has 0 unspecified atom stereocenters. The Hall–Kier alpha value is -4.48. The number of hydrogen-bond donors (Lipinski definition) is 0. The van der Waals surface area contributed by atoms with Crippen LogP contribution in [0, 0.1) is 20.2 Å². The van der Waals surface area contributed by atoms with E-state index < -0.39 is 32.9 Å². The number of hydrogen-bond acceptors (Lipinski definition) is 8. The number of Topliss-reactive ketones (excluding diaryl/α,β-unsaturated/α-hetero) is 1. The summed E-state index contributed by atoms with van der Waals surface area (Å²) in [4.78, 5) is 46.0. The predicted octanol–water partition coefficient (Wildman–Crippen LogP) is 1.87. The minimum atomic E-state index is -0.818. The fourth-order valence-corrected chi connectivity index (χ4v) is 3.21. The van der Waals surface area contributed by atoms with Crippen molar-refractivity contribution in [2.75, 3.05) is 4.90 Å². The van der Waals surface area contributed by atoms with Gasteiger partial charge in [-0.3, -0.25) is 34.7 Å². The van der Waals surface area contributed by atoms with Gasteiger partial charge in [-0.05, 0) is 23.8 Å². The van der Waals surface area contributed by atoms with Crippen molar-refractivity contribution in [3.05, 3.63) is 85.7 Å². The molecule has 12 heteroatoms. The monoisotopic (exact) mass is 408 g/mol. The van der Waals surface area contributed by atoms with Crippen LogP contribution in [-0.2, 0) is 17.9 Å². The van der Waals surface area contributed by atoms with Gasteiger partial charge >= 0.3 is 11.4 Å². The van der Waals surface area contributed by atoms with E-state index in [-0.39, 0.29) is 13.1 Å². The fourth-order valence-electron chi connectivity index (χ4n) is 3.21. The van der Waals surface area contributed by atoms with Gasteiger partial charge in [-0.2, -0.15) is 0 Å². The van der Waals surface area contributed by atoms with Gasteiger partial charge in [0, 0.05) is 12.1 Å². The lowest BCUT2D eigenvalue weighted by Gasteiger charge is -2.14. The molecule has 0 radical (unpaired) electrons. The van der Waals surface area contributed by atoms with E-state index in [1.807, 2.05) is 0 Å². The largest absolute Gasteiger partial charge is 0.346 e. The molecule has 3 aromatic rings. The molecule has 2 heterocycles. The van der Waals surface area contributed by atoms with Crippen molar-refractivity contribution in [2.45, 2.75) is 13.1 Å². The Labute approximate surface area is 167 Å². The summed E-state index contributed by atoms with van der Waals surface area (Å²) in [6.07, 6.45) is 1.53. The van der Waals surface area contributed by atoms with Gasteiger partial charge in [0.1, 0.15) is 5.69 Å². The van der Waals surface area contributed by atoms with Gasteiger partial charge in [-0.1, -0.05) is 17.3 Å². The minimum absolute atomic E-state index is 0.0298. The molecule has 0 saturated heterocycles. The van der Waals surface area contributed by atoms with Crippen LogP contribution in [0.3, 0.4) is 0 Å². The number of carbonyl (C=O) groups is 2. The number of nitro benzene ring substituents is 2. The number of amides is 1. The molecule has 0 saturated carbocycles. The maximum atomic E-state index is 12.3. The van der Waals surface area contributed by atoms with Crippen LogP contribution in [0.1, 0.15) is 21.6 Å². The third kappa shape index (κ3) is 3.26. The number of aromatic nitrogens is 3. The zero-order valence-corrected chi connectivity index (χ0v) is 15.2. The number of nitrogens with zero attached hydrogens (tertiary/aromatic N) is 6. The number of ketones is 1. The Morgan fingerprint density at radius 3 is 2.40 bits per heavy atom. The topological polar surface area (TPSA) is 154 Å². The number of nitro groups is 2. The molecule has 1 aromatic heterocycles. The molecular weight excluding hydrogens is 396 g/mol. The van der Waals surface area contributed by atoms with Gasteiger partial charge < -0.3 is 0 Å². The maximum Gasteiger partial charge on any atom is 0.346 e. The smallest absolute Gasteiger partial charge is 0.299 e. The first kappa shape index (κ1) is 18.9. The maximum absolute atomic E-state index is 12.3. The zero-order valence-electron chi connectivity index (χ0n) is 15.2. The summed E-state index contributed by atoms with van der Waals surface area (Å²) in [6.45, 7) is 0.108. The first-order valence-electron chi connectivity index (χ1n) is 8.61. The third-order valence-corrected chi connectivity index (χ3v) is 4.56. The lowest BCUT2D eigenvalue weighted by molar-refractivity contribution is -0.422. The number of carbonyl (C=O) groups excluding carboxylic acids is 2. The normalized spacial score (nSPS) is 12.9. The second kappa shape index (κ2) is 7.16. The van der Waals surface area contributed by atoms with Crippen LogP contribution >= 0.6 is 0 Å². The van der Waals surface area contributed by atoms with E-state index in [9.17, 15) is 29.8 Å². The quantitative estimate of drug-likeness (QED) is 0.340. The van der Waals surface area contributed by atoms with Crippen LogP contribution in [0.25, 0.3) is 0 Å². The van der Waals surface area contributed by atoms with Crippen LogP contribution in [-0.4, -0.2) is 36.5 Å². The predicted molar refractivity (Wildman–Crippen MR) is 101 cm³/mol. The van der Waals surface area contributed by atoms with Gasteiger partial charge in [0.15, 0.2) is 0 Å². The molecule has 1 aliphatic rings. The van der Waals surface area contributed by atoms with Crippen molar-refractivity contribution in [3.8, 4) is 0 Å². The molecular formula is C18H12N6O6. The summed E-state index contributed by atoms with van der Waals surface area (Å²) in [7, 11) is 0. The van der Waals surface area contributed by atoms with E-state index >= 15 is 0 Å². The average molecular weight is 408 g/mol. The van der Waals surface area contributed by atoms with Crippen LogP contribution in [0.2, 0.25) is 0 Å². The van der Waals surface area contributed by atoms with Crippen molar-refractivity contribution in [1.29, 1.82) is 0 Å². The Kier molecular flexibility index (Phi) is 4.50. The highest BCUT2D eigenvalue weighted by atomic mass is 16.6. The SMILES string of the molecule is O=C1C(=O)N(Cc2cn(Cc3ccc([N+](=O)[O-])c([N+](=O)[O-])c3)nn2)c2ccccc21. The van der Waals surface area contributed by atoms with E-state index in [4.69, 9.17) is 0 Å². The number of fused-ring (bicyclic) bond motifs is 1. The molecule has 0 atom stereocenters. The molecule has 150 valence electrons. The Balaban J connectivity index is 1.54. The molecule has 1 aliphatic heterocycles. The minimum Gasteiger partial charge on any atom is -0.299 e. The summed E-state index contributed by atoms with van der Waals surface area (Å²) in [5, 5.41) is 29.9. The molecule has 0 fully saturated rings. The molecule has 1 amide bonds. The molecule has 2 aromatic carbocycles. The zero-order chi connectivity index (χ0) is 21.4. The van der Waals surface area contributed by atoms with Crippen molar-refractivity contribution in [1.82, 2.24) is 15.0 Å². The van der Waals surface area contributed by atoms with Gasteiger partial charge in [-0.25, -0.2) is 4.68 Å². The van der Waals surface area contributed by atoms with Crippen molar-refractivity contribution >= 4 is 28.8 Å². The first-order chi connectivity index (χ1) is 14.3. The number of anilines is 1. The lowest BCUT2D eigenvalue weighted by Crippen LogP contribution is -2.29. The number of para-hydroxylation sites is 1. The molecule has 0 N–H and O–H groups in total. The second-order valence-corrected chi connectivity index (χ2v) is 6.48. The van der Waals surface area contributed by atoms with Crippen LogP contribution in [0.15, 0.2) is 48.7 Å². The first-order valence-corrected chi connectivity index (χ1v) is 8.61. The van der Waals surface area contributed by atoms with Crippen molar-refractivity contribution in [2.24, 2.45) is 0 Å². The Morgan fingerprint density at radius 2 is 1.67 bits per heavy atom. The van der Waals surface area contributed by atoms with Crippen LogP contribution < -0.4 is 4.90 Å². The highest BCUT2D eigenvalue weighted by Crippen LogP contribution is 2.30. The van der Waals surface area contributed by atoms with Gasteiger partial charge in [0.05, 0.1) is 40.4 Å². The lowest BCUT2D eigenvalue weighted by atomic mass is 10.1. The van der Waals surface area contributed by atoms with Gasteiger partial charge in [0.2, 0.25) is 0 Å². The van der Waals surface area contributed by atoms with E-state index in [1.165, 1.54) is 21.8 Å². The van der Waals surface area contributed by atoms with Crippen LogP contribution in [0.5, 0.6) is 0 Å². The van der Waals surface area contributed by atoms with E-state index in [0.717, 1.165) is 12.1 Å². The van der Waals surface area contributed by atoms with Gasteiger partial charge in [0.25, 0.3) is 11.7 Å². The highest BCUT2D eigenvalue weighted by Gasteiger charge is 2.35. The van der Waals surface area contributed by atoms with E-state index in [2.05, 4.69) is 10.3 Å². The Bertz CT molecular complexity index is 1220. The van der Waals surface area contributed by atoms with Gasteiger partial charge in [-0.15, -0.1) is 5.10 Å². The number of rotatable bonds is 6. The summed E-state index contributed by atoms with van der Waals surface area (Å²) in [5.41, 5.74) is 0.432. The second-order valence-electron chi connectivity index (χ2n) is 6.48. The highest BCUT2D eigenvalue weighted by molar-refractivity contribution is 6.52. The summed E-state index contributed by atoms with van der Waals surface area (Å²) in [6, 6.07) is 10.2. The molecule has 0 bridgehead atoms. The van der Waals surface area contributed by atoms with Crippen molar-refractivity contribution in [3.63, 3.8) is 0 Å². The van der Waals surface area contributed by atoms with Crippen molar-refractivity contribution < 1.29 is 19.4 Å². The molecule has 4 rings (SSSR count). The summed E-state index contributed by atoms with van der Waals surface area (Å²) >= 11 is 0. The fraction of sp³-hybridized carbons (Fsp3) is 0.111. The average Bonchev–Trinajstić information content (AvgIpc) is 3.26. The van der Waals surface area contributed by atoms with E-state index in [1.54, 1.807) is 24.3 Å².